The molecule has 1 aromatic carbocycles. The molecule has 0 unspecified atom stereocenters. The molecule has 6 nitrogen and oxygen atoms in total. The molecule has 2 heterocycles. The normalized spacial score (nSPS) is 19.5. The maximum absolute atomic E-state index is 13.6. The smallest absolute Gasteiger partial charge is 0.383 e. The largest absolute Gasteiger partial charge is 0.410 e. The van der Waals surface area contributed by atoms with Crippen molar-refractivity contribution in [2.24, 2.45) is 0 Å². The first-order chi connectivity index (χ1) is 12.4. The lowest BCUT2D eigenvalue weighted by Gasteiger charge is -2.33. The van der Waals surface area contributed by atoms with Gasteiger partial charge < -0.3 is 15.4 Å². The SMILES string of the molecule is COCCNC(=O)c1cc2n(n1)[C@H](C(F)(F)F)C[C@@H](c1ccccc1)N2. The molecule has 0 radical (unpaired) electrons. The fourth-order valence-electron chi connectivity index (χ4n) is 2.95. The number of nitrogens with zero attached hydrogens (tertiary/aromatic N) is 2. The van der Waals surface area contributed by atoms with Crippen molar-refractivity contribution in [2.75, 3.05) is 25.6 Å². The molecule has 0 aliphatic carbocycles. The zero-order valence-electron chi connectivity index (χ0n) is 14.1. The van der Waals surface area contributed by atoms with Gasteiger partial charge in [-0.1, -0.05) is 30.3 Å². The van der Waals surface area contributed by atoms with Crippen LogP contribution in [-0.4, -0.2) is 42.1 Å². The van der Waals surface area contributed by atoms with E-state index in [1.165, 1.54) is 13.2 Å². The maximum Gasteiger partial charge on any atom is 0.410 e. The van der Waals surface area contributed by atoms with E-state index in [0.29, 0.717) is 6.61 Å². The van der Waals surface area contributed by atoms with Crippen molar-refractivity contribution in [1.82, 2.24) is 15.1 Å². The molecule has 2 N–H and O–H groups in total. The van der Waals surface area contributed by atoms with E-state index in [4.69, 9.17) is 4.74 Å². The number of anilines is 1. The van der Waals surface area contributed by atoms with Gasteiger partial charge >= 0.3 is 6.18 Å². The van der Waals surface area contributed by atoms with Crippen molar-refractivity contribution in [3.8, 4) is 0 Å². The number of aromatic nitrogens is 2. The number of fused-ring (bicyclic) bond motifs is 1. The average molecular weight is 368 g/mol. The Morgan fingerprint density at radius 3 is 2.77 bits per heavy atom. The fraction of sp³-hybridized carbons (Fsp3) is 0.412. The van der Waals surface area contributed by atoms with E-state index in [1.807, 2.05) is 0 Å². The number of hydrogen-bond acceptors (Lipinski definition) is 4. The minimum atomic E-state index is -4.47. The van der Waals surface area contributed by atoms with Crippen molar-refractivity contribution in [3.05, 3.63) is 47.7 Å². The second kappa shape index (κ2) is 7.36. The van der Waals surface area contributed by atoms with E-state index < -0.39 is 24.2 Å². The molecule has 0 fully saturated rings. The lowest BCUT2D eigenvalue weighted by Crippen LogP contribution is -2.35. The molecule has 2 atom stereocenters. The second-order valence-electron chi connectivity index (χ2n) is 6.01. The van der Waals surface area contributed by atoms with Crippen molar-refractivity contribution in [2.45, 2.75) is 24.7 Å². The highest BCUT2D eigenvalue weighted by Crippen LogP contribution is 2.43. The predicted octanol–water partition coefficient (Wildman–Crippen LogP) is 2.92. The van der Waals surface area contributed by atoms with Crippen LogP contribution in [-0.2, 0) is 4.74 Å². The van der Waals surface area contributed by atoms with E-state index >= 15 is 0 Å². The van der Waals surface area contributed by atoms with Gasteiger partial charge in [-0.25, -0.2) is 4.68 Å². The van der Waals surface area contributed by atoms with Crippen LogP contribution in [0.4, 0.5) is 19.0 Å². The summed E-state index contributed by atoms with van der Waals surface area (Å²) < 4.78 is 46.4. The molecule has 1 aromatic heterocycles. The number of methoxy groups -OCH3 is 1. The van der Waals surface area contributed by atoms with Crippen molar-refractivity contribution in [1.29, 1.82) is 0 Å². The Morgan fingerprint density at radius 1 is 1.38 bits per heavy atom. The minimum absolute atomic E-state index is 0.0634. The van der Waals surface area contributed by atoms with Crippen LogP contribution in [0.3, 0.4) is 0 Å². The highest BCUT2D eigenvalue weighted by atomic mass is 19.4. The molecule has 0 spiro atoms. The summed E-state index contributed by atoms with van der Waals surface area (Å²) in [7, 11) is 1.49. The van der Waals surface area contributed by atoms with Crippen molar-refractivity contribution >= 4 is 11.7 Å². The summed E-state index contributed by atoms with van der Waals surface area (Å²) in [6.45, 7) is 0.555. The number of nitrogens with one attached hydrogen (secondary N) is 2. The summed E-state index contributed by atoms with van der Waals surface area (Å²) in [5, 5.41) is 9.50. The highest BCUT2D eigenvalue weighted by molar-refractivity contribution is 5.93. The monoisotopic (exact) mass is 368 g/mol. The van der Waals surface area contributed by atoms with Crippen LogP contribution in [0.5, 0.6) is 0 Å². The topological polar surface area (TPSA) is 68.2 Å². The first-order valence-corrected chi connectivity index (χ1v) is 8.15. The van der Waals surface area contributed by atoms with Crippen LogP contribution in [0, 0.1) is 0 Å². The Bertz CT molecular complexity index is 761. The molecule has 1 amide bonds. The van der Waals surface area contributed by atoms with E-state index in [0.717, 1.165) is 10.2 Å². The number of carbonyl (C=O) groups is 1. The van der Waals surface area contributed by atoms with Gasteiger partial charge in [0.05, 0.1) is 12.6 Å². The summed E-state index contributed by atoms with van der Waals surface area (Å²) >= 11 is 0. The van der Waals surface area contributed by atoms with Gasteiger partial charge in [-0.3, -0.25) is 4.79 Å². The van der Waals surface area contributed by atoms with E-state index in [9.17, 15) is 18.0 Å². The zero-order valence-corrected chi connectivity index (χ0v) is 14.1. The highest BCUT2D eigenvalue weighted by Gasteiger charge is 2.46. The summed E-state index contributed by atoms with van der Waals surface area (Å²) in [5.41, 5.74) is 0.687. The number of alkyl halides is 3. The molecule has 0 saturated heterocycles. The van der Waals surface area contributed by atoms with Crippen LogP contribution in [0.1, 0.15) is 34.6 Å². The van der Waals surface area contributed by atoms with Crippen molar-refractivity contribution in [3.63, 3.8) is 0 Å². The van der Waals surface area contributed by atoms with Crippen LogP contribution in [0.15, 0.2) is 36.4 Å². The number of benzene rings is 1. The molecule has 1 aliphatic heterocycles. The van der Waals surface area contributed by atoms with Crippen LogP contribution < -0.4 is 10.6 Å². The minimum Gasteiger partial charge on any atom is -0.383 e. The molecule has 2 aromatic rings. The zero-order chi connectivity index (χ0) is 18.7. The van der Waals surface area contributed by atoms with Gasteiger partial charge in [0.15, 0.2) is 11.7 Å². The Hall–Kier alpha value is -2.55. The standard InChI is InChI=1S/C17H19F3N4O2/c1-26-8-7-21-16(25)13-10-15-22-12(11-5-3-2-4-6-11)9-14(17(18,19)20)24(15)23-13/h2-6,10,12,14,22H,7-9H2,1H3,(H,21,25)/t12-,14-/m0/s1. The molecule has 3 rings (SSSR count). The van der Waals surface area contributed by atoms with E-state index in [-0.39, 0.29) is 24.5 Å². The maximum atomic E-state index is 13.6. The van der Waals surface area contributed by atoms with E-state index in [1.54, 1.807) is 30.3 Å². The van der Waals surface area contributed by atoms with Gasteiger partial charge in [-0.2, -0.15) is 18.3 Å². The van der Waals surface area contributed by atoms with Crippen LogP contribution >= 0.6 is 0 Å². The average Bonchev–Trinajstić information content (AvgIpc) is 3.05. The van der Waals surface area contributed by atoms with Gasteiger partial charge in [0, 0.05) is 26.1 Å². The number of carbonyl (C=O) groups excluding carboxylic acids is 1. The van der Waals surface area contributed by atoms with Gasteiger partial charge in [0.1, 0.15) is 5.82 Å². The predicted molar refractivity (Wildman–Crippen MR) is 89.0 cm³/mol. The van der Waals surface area contributed by atoms with Gasteiger partial charge in [-0.15, -0.1) is 0 Å². The number of halogens is 3. The fourth-order valence-corrected chi connectivity index (χ4v) is 2.95. The number of hydrogen-bond donors (Lipinski definition) is 2. The lowest BCUT2D eigenvalue weighted by atomic mass is 9.97. The first kappa shape index (κ1) is 18.2. The lowest BCUT2D eigenvalue weighted by molar-refractivity contribution is -0.173. The summed E-state index contributed by atoms with van der Waals surface area (Å²) in [5.74, 6) is -0.368. The molecular weight excluding hydrogens is 349 g/mol. The molecule has 9 heteroatoms. The quantitative estimate of drug-likeness (QED) is 0.797. The third-order valence-corrected chi connectivity index (χ3v) is 4.22. The summed E-state index contributed by atoms with van der Waals surface area (Å²) in [6, 6.07) is 7.93. The molecule has 1 aliphatic rings. The van der Waals surface area contributed by atoms with Crippen molar-refractivity contribution < 1.29 is 22.7 Å². The second-order valence-corrected chi connectivity index (χ2v) is 6.01. The third kappa shape index (κ3) is 3.82. The number of ether oxygens (including phenoxy) is 1. The Labute approximate surface area is 148 Å². The summed E-state index contributed by atoms with van der Waals surface area (Å²) in [4.78, 5) is 12.1. The Kier molecular flexibility index (Phi) is 5.17. The molecular formula is C17H19F3N4O2. The molecule has 140 valence electrons. The van der Waals surface area contributed by atoms with Crippen LogP contribution in [0.2, 0.25) is 0 Å². The number of rotatable bonds is 5. The van der Waals surface area contributed by atoms with E-state index in [2.05, 4.69) is 15.7 Å². The number of amides is 1. The molecule has 0 bridgehead atoms. The third-order valence-electron chi connectivity index (χ3n) is 4.22. The van der Waals surface area contributed by atoms with Gasteiger partial charge in [0.2, 0.25) is 0 Å². The first-order valence-electron chi connectivity index (χ1n) is 8.15. The molecule has 26 heavy (non-hydrogen) atoms. The summed E-state index contributed by atoms with van der Waals surface area (Å²) in [6.07, 6.45) is -4.67. The van der Waals surface area contributed by atoms with Gasteiger partial charge in [0.25, 0.3) is 5.91 Å². The van der Waals surface area contributed by atoms with Gasteiger partial charge in [-0.05, 0) is 5.56 Å². The molecule has 0 saturated carbocycles. The Balaban J connectivity index is 1.88. The Morgan fingerprint density at radius 2 is 2.12 bits per heavy atom. The van der Waals surface area contributed by atoms with Crippen LogP contribution in [0.25, 0.3) is 0 Å².